The fraction of sp³-hybridized carbons (Fsp3) is 0.333. The van der Waals surface area contributed by atoms with Crippen molar-refractivity contribution in [1.82, 2.24) is 10.3 Å². The Morgan fingerprint density at radius 2 is 2.14 bits per heavy atom. The fourth-order valence-electron chi connectivity index (χ4n) is 1.91. The predicted molar refractivity (Wildman–Crippen MR) is 83.4 cm³/mol. The normalized spacial score (nSPS) is 12.1. The lowest BCUT2D eigenvalue weighted by molar-refractivity contribution is 0.0911. The van der Waals surface area contributed by atoms with Gasteiger partial charge in [-0.25, -0.2) is 4.98 Å². The molecule has 0 aliphatic rings. The van der Waals surface area contributed by atoms with Gasteiger partial charge in [0.1, 0.15) is 5.69 Å². The van der Waals surface area contributed by atoms with Crippen molar-refractivity contribution in [3.8, 4) is 0 Å². The number of benzene rings is 1. The van der Waals surface area contributed by atoms with Crippen molar-refractivity contribution in [1.29, 1.82) is 0 Å². The van der Waals surface area contributed by atoms with E-state index < -0.39 is 6.10 Å². The number of hydrogen-bond acceptors (Lipinski definition) is 5. The number of nitrogens with zero attached hydrogens (tertiary/aromatic N) is 1. The predicted octanol–water partition coefficient (Wildman–Crippen LogP) is 0.978. The number of aliphatic hydroxyl groups excluding tert-OH is 1. The molecule has 6 heteroatoms. The van der Waals surface area contributed by atoms with Crippen LogP contribution >= 0.6 is 11.3 Å². The van der Waals surface area contributed by atoms with Crippen LogP contribution in [0.1, 0.15) is 21.1 Å². The Kier molecular flexibility index (Phi) is 5.86. The van der Waals surface area contributed by atoms with Crippen LogP contribution in [-0.4, -0.2) is 35.2 Å². The molecule has 0 aliphatic carbocycles. The Bertz CT molecular complexity index is 571. The molecule has 4 N–H and O–H groups in total. The average Bonchev–Trinajstić information content (AvgIpc) is 2.95. The van der Waals surface area contributed by atoms with E-state index >= 15 is 0 Å². The zero-order valence-corrected chi connectivity index (χ0v) is 12.5. The maximum Gasteiger partial charge on any atom is 0.270 e. The Morgan fingerprint density at radius 3 is 2.86 bits per heavy atom. The van der Waals surface area contributed by atoms with Crippen LogP contribution < -0.4 is 11.1 Å². The van der Waals surface area contributed by atoms with Crippen LogP contribution in [0.5, 0.6) is 0 Å². The van der Waals surface area contributed by atoms with Crippen LogP contribution in [0.2, 0.25) is 0 Å². The summed E-state index contributed by atoms with van der Waals surface area (Å²) in [6.45, 7) is 0.724. The molecular weight excluding hydrogens is 286 g/mol. The number of carbonyl (C=O) groups is 1. The highest BCUT2D eigenvalue weighted by Gasteiger charge is 2.12. The standard InChI is InChI=1S/C15H19N3O2S/c16-7-6-14-18-13(10-21-14)15(20)17-9-12(19)8-11-4-2-1-3-5-11/h1-5,10,12,19H,6-9,16H2,(H,17,20). The number of amides is 1. The van der Waals surface area contributed by atoms with Gasteiger partial charge < -0.3 is 16.2 Å². The van der Waals surface area contributed by atoms with E-state index in [-0.39, 0.29) is 12.5 Å². The molecule has 0 radical (unpaired) electrons. The number of hydrogen-bond donors (Lipinski definition) is 3. The second-order valence-corrected chi connectivity index (χ2v) is 5.66. The van der Waals surface area contributed by atoms with E-state index in [9.17, 15) is 9.90 Å². The largest absolute Gasteiger partial charge is 0.391 e. The van der Waals surface area contributed by atoms with Gasteiger partial charge in [0, 0.05) is 24.8 Å². The van der Waals surface area contributed by atoms with Crippen LogP contribution in [0.4, 0.5) is 0 Å². The van der Waals surface area contributed by atoms with Crippen molar-refractivity contribution in [2.45, 2.75) is 18.9 Å². The van der Waals surface area contributed by atoms with Crippen molar-refractivity contribution < 1.29 is 9.90 Å². The SMILES string of the molecule is NCCc1nc(C(=O)NCC(O)Cc2ccccc2)cs1. The minimum atomic E-state index is -0.613. The van der Waals surface area contributed by atoms with E-state index in [2.05, 4.69) is 10.3 Å². The molecule has 0 spiro atoms. The summed E-state index contributed by atoms with van der Waals surface area (Å²) in [5.74, 6) is -0.262. The van der Waals surface area contributed by atoms with Gasteiger partial charge in [-0.15, -0.1) is 11.3 Å². The molecule has 1 aromatic carbocycles. The summed E-state index contributed by atoms with van der Waals surface area (Å²) in [5.41, 5.74) is 6.88. The molecule has 1 amide bonds. The smallest absolute Gasteiger partial charge is 0.270 e. The summed E-state index contributed by atoms with van der Waals surface area (Å²) in [5, 5.41) is 15.2. The number of thiazole rings is 1. The summed E-state index contributed by atoms with van der Waals surface area (Å²) < 4.78 is 0. The molecule has 2 aromatic rings. The van der Waals surface area contributed by atoms with Crippen molar-refractivity contribution in [3.05, 3.63) is 52.0 Å². The molecular formula is C15H19N3O2S. The van der Waals surface area contributed by atoms with Crippen LogP contribution in [0.15, 0.2) is 35.7 Å². The summed E-state index contributed by atoms with van der Waals surface area (Å²) in [7, 11) is 0. The number of aromatic nitrogens is 1. The highest BCUT2D eigenvalue weighted by atomic mass is 32.1. The van der Waals surface area contributed by atoms with E-state index in [1.54, 1.807) is 5.38 Å². The Labute approximate surface area is 127 Å². The molecule has 2 rings (SSSR count). The first-order valence-corrected chi connectivity index (χ1v) is 7.71. The molecule has 0 aliphatic heterocycles. The van der Waals surface area contributed by atoms with Crippen molar-refractivity contribution >= 4 is 17.2 Å². The highest BCUT2D eigenvalue weighted by Crippen LogP contribution is 2.10. The van der Waals surface area contributed by atoms with Gasteiger partial charge in [0.05, 0.1) is 11.1 Å². The summed E-state index contributed by atoms with van der Waals surface area (Å²) in [6.07, 6.45) is 0.573. The van der Waals surface area contributed by atoms with Crippen LogP contribution in [0, 0.1) is 0 Å². The highest BCUT2D eigenvalue weighted by molar-refractivity contribution is 7.09. The first-order valence-electron chi connectivity index (χ1n) is 6.83. The second kappa shape index (κ2) is 7.87. The first kappa shape index (κ1) is 15.6. The molecule has 1 unspecified atom stereocenters. The molecule has 1 heterocycles. The van der Waals surface area contributed by atoms with Gasteiger partial charge in [-0.05, 0) is 12.1 Å². The molecule has 1 aromatic heterocycles. The van der Waals surface area contributed by atoms with Gasteiger partial charge >= 0.3 is 0 Å². The van der Waals surface area contributed by atoms with Crippen molar-refractivity contribution in [2.75, 3.05) is 13.1 Å². The van der Waals surface area contributed by atoms with Gasteiger partial charge in [-0.3, -0.25) is 4.79 Å². The van der Waals surface area contributed by atoms with E-state index in [4.69, 9.17) is 5.73 Å². The Morgan fingerprint density at radius 1 is 1.38 bits per heavy atom. The zero-order valence-electron chi connectivity index (χ0n) is 11.7. The van der Waals surface area contributed by atoms with Crippen LogP contribution in [0.3, 0.4) is 0 Å². The van der Waals surface area contributed by atoms with Crippen molar-refractivity contribution in [2.24, 2.45) is 5.73 Å². The number of carbonyl (C=O) groups excluding carboxylic acids is 1. The Hall–Kier alpha value is -1.76. The van der Waals surface area contributed by atoms with E-state index in [1.807, 2.05) is 30.3 Å². The number of rotatable bonds is 7. The summed E-state index contributed by atoms with van der Waals surface area (Å²) in [4.78, 5) is 16.1. The van der Waals surface area contributed by atoms with Crippen LogP contribution in [0.25, 0.3) is 0 Å². The second-order valence-electron chi connectivity index (χ2n) is 4.72. The zero-order chi connectivity index (χ0) is 15.1. The molecule has 5 nitrogen and oxygen atoms in total. The molecule has 1 atom stereocenters. The van der Waals surface area contributed by atoms with Gasteiger partial charge in [0.2, 0.25) is 0 Å². The van der Waals surface area contributed by atoms with Gasteiger partial charge in [0.15, 0.2) is 0 Å². The van der Waals surface area contributed by atoms with Crippen LogP contribution in [-0.2, 0) is 12.8 Å². The van der Waals surface area contributed by atoms with E-state index in [0.29, 0.717) is 25.1 Å². The van der Waals surface area contributed by atoms with Gasteiger partial charge in [-0.1, -0.05) is 30.3 Å². The number of aliphatic hydroxyl groups is 1. The van der Waals surface area contributed by atoms with E-state index in [0.717, 1.165) is 10.6 Å². The monoisotopic (exact) mass is 305 g/mol. The maximum absolute atomic E-state index is 11.9. The molecule has 0 saturated carbocycles. The molecule has 0 bridgehead atoms. The Balaban J connectivity index is 1.80. The first-order chi connectivity index (χ1) is 10.2. The maximum atomic E-state index is 11.9. The quantitative estimate of drug-likeness (QED) is 0.711. The molecule has 21 heavy (non-hydrogen) atoms. The lowest BCUT2D eigenvalue weighted by atomic mass is 10.1. The topological polar surface area (TPSA) is 88.2 Å². The summed E-state index contributed by atoms with van der Waals surface area (Å²) >= 11 is 1.42. The van der Waals surface area contributed by atoms with Gasteiger partial charge in [-0.2, -0.15) is 0 Å². The molecule has 0 saturated heterocycles. The molecule has 0 fully saturated rings. The minimum Gasteiger partial charge on any atom is -0.391 e. The lowest BCUT2D eigenvalue weighted by Gasteiger charge is -2.11. The third-order valence-electron chi connectivity index (χ3n) is 2.95. The third kappa shape index (κ3) is 4.93. The average molecular weight is 305 g/mol. The lowest BCUT2D eigenvalue weighted by Crippen LogP contribution is -2.33. The fourth-order valence-corrected chi connectivity index (χ4v) is 2.71. The van der Waals surface area contributed by atoms with Crippen molar-refractivity contribution in [3.63, 3.8) is 0 Å². The minimum absolute atomic E-state index is 0.206. The summed E-state index contributed by atoms with van der Waals surface area (Å²) in [6, 6.07) is 9.68. The molecule has 112 valence electrons. The number of nitrogens with two attached hydrogens (primary N) is 1. The number of nitrogens with one attached hydrogen (secondary N) is 1. The third-order valence-corrected chi connectivity index (χ3v) is 3.86. The van der Waals surface area contributed by atoms with E-state index in [1.165, 1.54) is 11.3 Å². The van der Waals surface area contributed by atoms with Gasteiger partial charge in [0.25, 0.3) is 5.91 Å².